The fraction of sp³-hybridized carbons (Fsp3) is 0.433. The molecule has 2 aromatic carbocycles. The van der Waals surface area contributed by atoms with E-state index in [1.807, 2.05) is 69.3 Å². The molecule has 1 saturated heterocycles. The van der Waals surface area contributed by atoms with Gasteiger partial charge in [-0.15, -0.1) is 0 Å². The molecule has 4 aromatic rings. The van der Waals surface area contributed by atoms with Crippen LogP contribution in [0.25, 0.3) is 12.2 Å². The third-order valence-corrected chi connectivity index (χ3v) is 13.3. The maximum absolute atomic E-state index is 13.6. The highest BCUT2D eigenvalue weighted by molar-refractivity contribution is 6.70. The molecule has 5 N–H and O–H groups in total. The highest BCUT2D eigenvalue weighted by Crippen LogP contribution is 2.36. The Balaban J connectivity index is 0.000000268. The zero-order valence-electron chi connectivity index (χ0n) is 46.8. The highest BCUT2D eigenvalue weighted by Gasteiger charge is 2.43. The van der Waals surface area contributed by atoms with Gasteiger partial charge in [-0.25, -0.2) is 19.6 Å². The number of nitrogens with zero attached hydrogens (tertiary/aromatic N) is 3. The van der Waals surface area contributed by atoms with Gasteiger partial charge in [0.2, 0.25) is 0 Å². The summed E-state index contributed by atoms with van der Waals surface area (Å²) in [5.41, 5.74) is 1.04. The van der Waals surface area contributed by atoms with Crippen LogP contribution in [0.4, 0.5) is 11.6 Å². The van der Waals surface area contributed by atoms with E-state index in [0.717, 1.165) is 12.0 Å². The van der Waals surface area contributed by atoms with Crippen molar-refractivity contribution < 1.29 is 77.5 Å². The lowest BCUT2D eigenvalue weighted by Gasteiger charge is -2.23. The van der Waals surface area contributed by atoms with E-state index < -0.39 is 66.2 Å². The van der Waals surface area contributed by atoms with Gasteiger partial charge in [0.15, 0.2) is 18.4 Å². The van der Waals surface area contributed by atoms with Crippen molar-refractivity contribution in [1.29, 1.82) is 0 Å². The summed E-state index contributed by atoms with van der Waals surface area (Å²) in [6.07, 6.45) is 12.6. The van der Waals surface area contributed by atoms with E-state index in [0.29, 0.717) is 74.0 Å². The molecule has 3 aliphatic heterocycles. The van der Waals surface area contributed by atoms with Gasteiger partial charge in [-0.1, -0.05) is 68.5 Å². The summed E-state index contributed by atoms with van der Waals surface area (Å²) in [7, 11) is 2.93. The first-order chi connectivity index (χ1) is 38.9. The number of nitrogens with one attached hydrogen (secondary N) is 1. The summed E-state index contributed by atoms with van der Waals surface area (Å²) >= 11 is 0. The second kappa shape index (κ2) is 31.0. The predicted octanol–water partition coefficient (Wildman–Crippen LogP) is 7.30. The van der Waals surface area contributed by atoms with Crippen LogP contribution < -0.4 is 24.3 Å². The van der Waals surface area contributed by atoms with Crippen molar-refractivity contribution in [3.05, 3.63) is 132 Å². The minimum absolute atomic E-state index is 0.0402. The van der Waals surface area contributed by atoms with E-state index >= 15 is 0 Å². The van der Waals surface area contributed by atoms with Gasteiger partial charge in [0.1, 0.15) is 82.5 Å². The van der Waals surface area contributed by atoms with Crippen LogP contribution >= 0.6 is 0 Å². The molecule has 0 amide bonds. The smallest absolute Gasteiger partial charge is 0.342 e. The van der Waals surface area contributed by atoms with Gasteiger partial charge in [-0.2, -0.15) is 0 Å². The molecule has 1 radical (unpaired) electrons. The van der Waals surface area contributed by atoms with Gasteiger partial charge >= 0.3 is 19.4 Å². The molecule has 0 spiro atoms. The van der Waals surface area contributed by atoms with E-state index in [2.05, 4.69) is 15.3 Å². The maximum Gasteiger partial charge on any atom is 0.342 e. The minimum atomic E-state index is -1.58. The lowest BCUT2D eigenvalue weighted by atomic mass is 9.94. The molecule has 433 valence electrons. The summed E-state index contributed by atoms with van der Waals surface area (Å²) < 4.78 is 46.4. The number of aliphatic hydroxyl groups is 3. The van der Waals surface area contributed by atoms with Crippen molar-refractivity contribution in [3.8, 4) is 23.0 Å². The molecule has 2 aromatic heterocycles. The van der Waals surface area contributed by atoms with E-state index in [1.54, 1.807) is 68.3 Å². The second-order valence-corrected chi connectivity index (χ2v) is 20.1. The number of pyridine rings is 2. The summed E-state index contributed by atoms with van der Waals surface area (Å²) in [6, 6.07) is 17.4. The third kappa shape index (κ3) is 18.8. The van der Waals surface area contributed by atoms with Gasteiger partial charge in [0, 0.05) is 56.6 Å². The standard InChI is InChI=1S/C33H42BN2O9.C27H32N2O7/c1-22-13-14-26(38)31-27(44-33(3,4)45-31)11-8-10-24-18-25(19-28(42-21-40-5)30(24)32(39)43-23(22)2)41-17-9-16-36(34-20-37)29-12-6-7-15-35-29;1-17-10-11-22(31)26(33)21(30)8-5-7-19-15-20(16-23(32)25(19)27(34)36-18(17)2)35-14-6-13-29-24-9-3-4-12-28-24/h6-8,10,12-15,18-20,22-23,26-27,31,38H,9,11,16-17,21H2,1-5H3;3-5,7,9-12,15-18,21,26,30,32-33H,6,8,13-14H2,1-2H3,(H,28,29)/b10-8+,14-13-;7-5+,11-10-/t22-,23+,26?,27?,31?;17-,18+,21?,26?/m11/s1. The number of phenolic OH excluding ortho intramolecular Hbond substituents is 1. The largest absolute Gasteiger partial charge is 0.507 e. The number of esters is 2. The second-order valence-electron chi connectivity index (χ2n) is 20.1. The van der Waals surface area contributed by atoms with Crippen LogP contribution in [0.1, 0.15) is 99.1 Å². The molecular formula is C60H74BN4O16. The quantitative estimate of drug-likeness (QED) is 0.0173. The van der Waals surface area contributed by atoms with Crippen LogP contribution in [0.2, 0.25) is 0 Å². The molecule has 20 nitrogen and oxygen atoms in total. The van der Waals surface area contributed by atoms with Gasteiger partial charge in [-0.3, -0.25) is 4.79 Å². The number of fused-ring (bicyclic) bond motifs is 3. The number of hydrogen-bond donors (Lipinski definition) is 5. The number of carbonyl (C=O) groups is 4. The van der Waals surface area contributed by atoms with E-state index in [9.17, 15) is 39.6 Å². The Hall–Kier alpha value is -7.40. The van der Waals surface area contributed by atoms with Crippen molar-refractivity contribution in [2.45, 2.75) is 116 Å². The number of anilines is 2. The Kier molecular flexibility index (Phi) is 24.0. The number of cyclic esters (lactones) is 2. The summed E-state index contributed by atoms with van der Waals surface area (Å²) in [5.74, 6) is -1.15. The molecule has 7 rings (SSSR count). The van der Waals surface area contributed by atoms with Crippen LogP contribution in [0.3, 0.4) is 0 Å². The van der Waals surface area contributed by atoms with Gasteiger partial charge in [-0.05, 0) is 107 Å². The van der Waals surface area contributed by atoms with Crippen LogP contribution in [0.5, 0.6) is 23.0 Å². The number of aromatic hydroxyl groups is 1. The van der Waals surface area contributed by atoms with Crippen LogP contribution in [-0.4, -0.2) is 150 Å². The number of carbonyl (C=O) groups excluding carboxylic acids is 4. The first-order valence-electron chi connectivity index (χ1n) is 27.0. The van der Waals surface area contributed by atoms with Gasteiger partial charge < -0.3 is 73.2 Å². The number of aromatic nitrogens is 2. The Morgan fingerprint density at radius 1 is 0.765 bits per heavy atom. The Bertz CT molecular complexity index is 2820. The topological polar surface area (TPSA) is 264 Å². The molecule has 0 saturated carbocycles. The predicted molar refractivity (Wildman–Crippen MR) is 305 cm³/mol. The van der Waals surface area contributed by atoms with Gasteiger partial charge in [0.05, 0.1) is 25.4 Å². The molecule has 5 heterocycles. The van der Waals surface area contributed by atoms with Crippen molar-refractivity contribution in [2.75, 3.05) is 50.3 Å². The van der Waals surface area contributed by atoms with Crippen LogP contribution in [-0.2, 0) is 33.3 Å². The molecule has 0 aliphatic carbocycles. The Morgan fingerprint density at radius 3 is 2.07 bits per heavy atom. The van der Waals surface area contributed by atoms with E-state index in [1.165, 1.54) is 44.9 Å². The minimum Gasteiger partial charge on any atom is -0.507 e. The molecule has 5 unspecified atom stereocenters. The summed E-state index contributed by atoms with van der Waals surface area (Å²) in [6.45, 7) is 12.4. The summed E-state index contributed by atoms with van der Waals surface area (Å²) in [5, 5.41) is 45.1. The van der Waals surface area contributed by atoms with Crippen LogP contribution in [0, 0.1) is 11.8 Å². The molecule has 81 heavy (non-hydrogen) atoms. The molecular weight excluding hydrogens is 1040 g/mol. The Labute approximate surface area is 473 Å². The lowest BCUT2D eigenvalue weighted by Crippen LogP contribution is -2.34. The maximum atomic E-state index is 13.6. The average molecular weight is 1120 g/mol. The zero-order chi connectivity index (χ0) is 58.5. The number of methoxy groups -OCH3 is 1. The third-order valence-electron chi connectivity index (χ3n) is 13.3. The first-order valence-corrected chi connectivity index (χ1v) is 27.0. The average Bonchev–Trinajstić information content (AvgIpc) is 4.04. The fourth-order valence-corrected chi connectivity index (χ4v) is 8.62. The van der Waals surface area contributed by atoms with Crippen molar-refractivity contribution in [1.82, 2.24) is 9.97 Å². The van der Waals surface area contributed by atoms with Crippen molar-refractivity contribution in [3.63, 3.8) is 0 Å². The first kappa shape index (κ1) is 62.8. The van der Waals surface area contributed by atoms with Crippen molar-refractivity contribution in [2.24, 2.45) is 11.8 Å². The number of rotatable bonds is 17. The highest BCUT2D eigenvalue weighted by atomic mass is 16.8. The monoisotopic (exact) mass is 1120 g/mol. The number of hydrogen-bond acceptors (Lipinski definition) is 20. The lowest BCUT2D eigenvalue weighted by molar-refractivity contribution is -0.152. The fourth-order valence-electron chi connectivity index (χ4n) is 8.62. The molecule has 21 heteroatoms. The molecule has 0 bridgehead atoms. The Morgan fingerprint density at radius 2 is 1.41 bits per heavy atom. The SMILES string of the molecule is COCOc1cc(OCCCN([B]C=O)c2ccccn2)cc2c1C(=O)O[C@@H](C)[C@H](C)/C=C\C(O)C1OC(C)(C)OC1C/C=C/2.C[C@@H]1/C=C\C(=O)C(O)C(O)C/C=C/c2cc(OCCCNc3ccccn3)cc(O)c2C(=O)O[C@H]1C. The number of ether oxygens (including phenoxy) is 8. The molecule has 3 aliphatic rings. The number of aliphatic hydroxyl groups excluding tert-OH is 3. The molecule has 1 fully saturated rings. The van der Waals surface area contributed by atoms with Crippen molar-refractivity contribution >= 4 is 55.1 Å². The summed E-state index contributed by atoms with van der Waals surface area (Å²) in [4.78, 5) is 60.1. The van der Waals surface area contributed by atoms with Gasteiger partial charge in [0.25, 0.3) is 0 Å². The number of phenols is 1. The number of ketones is 1. The number of benzene rings is 2. The molecule has 9 atom stereocenters. The van der Waals surface area contributed by atoms with E-state index in [4.69, 9.17) is 37.9 Å². The van der Waals surface area contributed by atoms with Crippen LogP contribution in [0.15, 0.2) is 110 Å². The normalized spacial score (nSPS) is 25.4. The zero-order valence-corrected chi connectivity index (χ0v) is 46.8. The van der Waals surface area contributed by atoms with E-state index in [-0.39, 0.29) is 47.7 Å².